The van der Waals surface area contributed by atoms with E-state index in [1.54, 1.807) is 0 Å². The minimum atomic E-state index is 0.161. The summed E-state index contributed by atoms with van der Waals surface area (Å²) in [6.45, 7) is 14.6. The fourth-order valence-corrected chi connectivity index (χ4v) is 3.68. The topological polar surface area (TPSA) is 21.6 Å². The summed E-state index contributed by atoms with van der Waals surface area (Å²) in [6, 6.07) is 17.6. The minimum absolute atomic E-state index is 0.161. The monoisotopic (exact) mass is 401 g/mol. The van der Waals surface area contributed by atoms with Crippen molar-refractivity contribution < 1.29 is 4.74 Å². The van der Waals surface area contributed by atoms with Crippen LogP contribution in [0.3, 0.4) is 0 Å². The third kappa shape index (κ3) is 5.37. The quantitative estimate of drug-likeness (QED) is 0.539. The fraction of sp³-hybridized carbons (Fsp3) is 0.393. The second-order valence-electron chi connectivity index (χ2n) is 10.1. The van der Waals surface area contributed by atoms with E-state index in [9.17, 15) is 0 Å². The van der Waals surface area contributed by atoms with Crippen molar-refractivity contribution >= 4 is 17.9 Å². The van der Waals surface area contributed by atoms with E-state index in [1.165, 1.54) is 22.3 Å². The van der Waals surface area contributed by atoms with Crippen LogP contribution >= 0.6 is 0 Å². The largest absolute Gasteiger partial charge is 0.372 e. The molecule has 0 saturated carbocycles. The van der Waals surface area contributed by atoms with Gasteiger partial charge in [-0.3, -0.25) is 4.99 Å². The van der Waals surface area contributed by atoms with Crippen LogP contribution in [-0.2, 0) is 15.6 Å². The number of rotatable bonds is 2. The highest BCUT2D eigenvalue weighted by atomic mass is 16.5. The van der Waals surface area contributed by atoms with Gasteiger partial charge >= 0.3 is 0 Å². The van der Waals surface area contributed by atoms with Gasteiger partial charge in [-0.2, -0.15) is 0 Å². The molecule has 2 aromatic carbocycles. The molecule has 0 spiro atoms. The summed E-state index contributed by atoms with van der Waals surface area (Å²) >= 11 is 0. The maximum absolute atomic E-state index is 5.91. The van der Waals surface area contributed by atoms with Gasteiger partial charge in [0.2, 0.25) is 0 Å². The van der Waals surface area contributed by atoms with E-state index >= 15 is 0 Å². The maximum atomic E-state index is 5.91. The van der Waals surface area contributed by atoms with Crippen molar-refractivity contribution in [2.75, 3.05) is 20.3 Å². The molecule has 1 aliphatic rings. The van der Waals surface area contributed by atoms with Crippen LogP contribution in [0, 0.1) is 0 Å². The molecule has 0 N–H and O–H groups in total. The molecule has 1 aliphatic heterocycles. The van der Waals surface area contributed by atoms with Crippen molar-refractivity contribution in [1.82, 2.24) is 0 Å². The van der Waals surface area contributed by atoms with Crippen LogP contribution in [0.1, 0.15) is 63.8 Å². The number of hydrogen-bond acceptors (Lipinski definition) is 2. The van der Waals surface area contributed by atoms with Gasteiger partial charge in [0.15, 0.2) is 0 Å². The Morgan fingerprint density at radius 3 is 1.33 bits per heavy atom. The molecule has 0 amide bonds. The molecule has 2 nitrogen and oxygen atoms in total. The third-order valence-electron chi connectivity index (χ3n) is 5.58. The molecule has 0 unspecified atom stereocenters. The summed E-state index contributed by atoms with van der Waals surface area (Å²) in [4.78, 5) is 4.62. The van der Waals surface area contributed by atoms with Crippen molar-refractivity contribution in [3.8, 4) is 0 Å². The molecular formula is C28H35NO. The smallest absolute Gasteiger partial charge is 0.0742 e. The molecule has 1 saturated heterocycles. The molecule has 2 aromatic rings. The molecule has 0 radical (unpaired) electrons. The molecule has 158 valence electrons. The minimum Gasteiger partial charge on any atom is -0.372 e. The highest BCUT2D eigenvalue weighted by molar-refractivity contribution is 6.17. The Morgan fingerprint density at radius 2 is 1.03 bits per heavy atom. The van der Waals surface area contributed by atoms with Gasteiger partial charge < -0.3 is 4.74 Å². The van der Waals surface area contributed by atoms with Gasteiger partial charge in [0, 0.05) is 18.2 Å². The Bertz CT molecular complexity index is 882. The van der Waals surface area contributed by atoms with Crippen LogP contribution in [0.5, 0.6) is 0 Å². The van der Waals surface area contributed by atoms with Crippen molar-refractivity contribution in [2.24, 2.45) is 4.99 Å². The first-order valence-electron chi connectivity index (χ1n) is 10.8. The summed E-state index contributed by atoms with van der Waals surface area (Å²) in [7, 11) is 1.87. The van der Waals surface area contributed by atoms with E-state index < -0.39 is 0 Å². The van der Waals surface area contributed by atoms with Crippen LogP contribution in [0.2, 0.25) is 0 Å². The summed E-state index contributed by atoms with van der Waals surface area (Å²) in [5.74, 6) is 0. The van der Waals surface area contributed by atoms with Crippen LogP contribution in [-0.4, -0.2) is 26.0 Å². The van der Waals surface area contributed by atoms with Gasteiger partial charge in [-0.15, -0.1) is 0 Å². The highest BCUT2D eigenvalue weighted by Gasteiger charge is 2.19. The normalized spacial score (nSPS) is 19.6. The van der Waals surface area contributed by atoms with Crippen LogP contribution in [0.25, 0.3) is 12.2 Å². The summed E-state index contributed by atoms with van der Waals surface area (Å²) in [5, 5.41) is 0. The van der Waals surface area contributed by atoms with Gasteiger partial charge in [-0.25, -0.2) is 0 Å². The summed E-state index contributed by atoms with van der Waals surface area (Å²) in [5.41, 5.74) is 8.66. The first-order chi connectivity index (χ1) is 14.1. The van der Waals surface area contributed by atoms with Crippen LogP contribution in [0.15, 0.2) is 64.7 Å². The number of hydrogen-bond donors (Lipinski definition) is 0. The first kappa shape index (κ1) is 22.2. The van der Waals surface area contributed by atoms with Gasteiger partial charge in [0.25, 0.3) is 0 Å². The lowest BCUT2D eigenvalue weighted by Crippen LogP contribution is -2.22. The van der Waals surface area contributed by atoms with Crippen molar-refractivity contribution in [3.63, 3.8) is 0 Å². The van der Waals surface area contributed by atoms with Gasteiger partial charge in [0.05, 0.1) is 18.9 Å². The predicted molar refractivity (Wildman–Crippen MR) is 130 cm³/mol. The summed E-state index contributed by atoms with van der Waals surface area (Å²) < 4.78 is 5.91. The zero-order chi connectivity index (χ0) is 21.9. The van der Waals surface area contributed by atoms with E-state index in [1.807, 2.05) is 7.05 Å². The Labute approximate surface area is 182 Å². The van der Waals surface area contributed by atoms with Gasteiger partial charge in [0.1, 0.15) is 0 Å². The molecule has 30 heavy (non-hydrogen) atoms. The van der Waals surface area contributed by atoms with Crippen LogP contribution < -0.4 is 0 Å². The van der Waals surface area contributed by atoms with Crippen molar-refractivity contribution in [2.45, 2.75) is 52.4 Å². The SMILES string of the molecule is CN=C1/C(=C/c2ccc(C(C)(C)C)cc2)COC/C1=C/c1ccc(C(C)(C)C)cc1. The van der Waals surface area contributed by atoms with Gasteiger partial charge in [-0.1, -0.05) is 90.1 Å². The Hall–Kier alpha value is -2.45. The Kier molecular flexibility index (Phi) is 6.47. The standard InChI is InChI=1S/C28H35NO/c1-27(2,3)24-12-8-20(9-13-24)16-22-18-30-19-23(26(22)29-7)17-21-10-14-25(15-11-21)28(4,5)6/h8-17H,18-19H2,1-7H3/b22-16-,23-17+,29-26?. The first-order valence-corrected chi connectivity index (χ1v) is 10.8. The van der Waals surface area contributed by atoms with Crippen molar-refractivity contribution in [3.05, 3.63) is 81.9 Å². The molecular weight excluding hydrogens is 366 g/mol. The Balaban J connectivity index is 1.87. The highest BCUT2D eigenvalue weighted by Crippen LogP contribution is 2.26. The lowest BCUT2D eigenvalue weighted by molar-refractivity contribution is 0.181. The molecule has 0 aromatic heterocycles. The molecule has 0 aliphatic carbocycles. The zero-order valence-electron chi connectivity index (χ0n) is 19.5. The number of aliphatic imine (C=N–C) groups is 1. The molecule has 0 bridgehead atoms. The molecule has 1 fully saturated rings. The van der Waals surface area contributed by atoms with Gasteiger partial charge in [-0.05, 0) is 45.2 Å². The van der Waals surface area contributed by atoms with E-state index in [-0.39, 0.29) is 10.8 Å². The van der Waals surface area contributed by atoms with E-state index in [4.69, 9.17) is 4.74 Å². The van der Waals surface area contributed by atoms with Crippen molar-refractivity contribution in [1.29, 1.82) is 0 Å². The third-order valence-corrected chi connectivity index (χ3v) is 5.58. The lowest BCUT2D eigenvalue weighted by atomic mass is 9.86. The predicted octanol–water partition coefficient (Wildman–Crippen LogP) is 6.85. The second kappa shape index (κ2) is 8.73. The lowest BCUT2D eigenvalue weighted by Gasteiger charge is -2.22. The maximum Gasteiger partial charge on any atom is 0.0742 e. The average Bonchev–Trinajstić information content (AvgIpc) is 2.68. The van der Waals surface area contributed by atoms with Crippen LogP contribution in [0.4, 0.5) is 0 Å². The molecule has 2 heteroatoms. The summed E-state index contributed by atoms with van der Waals surface area (Å²) in [6.07, 6.45) is 4.40. The second-order valence-corrected chi connectivity index (χ2v) is 10.1. The van der Waals surface area contributed by atoms with E-state index in [0.717, 1.165) is 16.9 Å². The Morgan fingerprint density at radius 1 is 0.667 bits per heavy atom. The average molecular weight is 402 g/mol. The molecule has 0 atom stereocenters. The van der Waals surface area contributed by atoms with E-state index in [2.05, 4.69) is 107 Å². The zero-order valence-corrected chi connectivity index (χ0v) is 19.5. The molecule has 1 heterocycles. The van der Waals surface area contributed by atoms with E-state index in [0.29, 0.717) is 13.2 Å². The number of benzene rings is 2. The number of nitrogens with zero attached hydrogens (tertiary/aromatic N) is 1. The fourth-order valence-electron chi connectivity index (χ4n) is 3.68. The molecule has 3 rings (SSSR count). The number of ether oxygens (including phenoxy) is 1.